The standard InChI is InChI=1S/C16H14ClFN2/c17-15-7-10-3-1-2-4-12(10)16(15)13-8-11(18)9-19-14(13)5-6-20-16/h1-4,8-9,15,20H,5-7H2. The van der Waals surface area contributed by atoms with Crippen LogP contribution in [-0.2, 0) is 18.4 Å². The maximum Gasteiger partial charge on any atom is 0.141 e. The number of hydrogen-bond donors (Lipinski definition) is 1. The molecular weight excluding hydrogens is 275 g/mol. The number of alkyl halides is 1. The van der Waals surface area contributed by atoms with Gasteiger partial charge in [0.15, 0.2) is 0 Å². The molecule has 0 saturated carbocycles. The molecule has 1 aromatic heterocycles. The highest BCUT2D eigenvalue weighted by Gasteiger charge is 2.49. The summed E-state index contributed by atoms with van der Waals surface area (Å²) in [6.45, 7) is 0.809. The highest BCUT2D eigenvalue weighted by atomic mass is 35.5. The van der Waals surface area contributed by atoms with Crippen molar-refractivity contribution in [1.82, 2.24) is 10.3 Å². The Kier molecular flexibility index (Phi) is 2.63. The fourth-order valence-electron chi connectivity index (χ4n) is 3.60. The van der Waals surface area contributed by atoms with Crippen LogP contribution < -0.4 is 5.32 Å². The Morgan fingerprint density at radius 3 is 3.05 bits per heavy atom. The Morgan fingerprint density at radius 1 is 1.30 bits per heavy atom. The summed E-state index contributed by atoms with van der Waals surface area (Å²) in [5, 5.41) is 3.42. The first-order valence-corrected chi connectivity index (χ1v) is 7.28. The molecule has 2 nitrogen and oxygen atoms in total. The van der Waals surface area contributed by atoms with Crippen LogP contribution >= 0.6 is 11.6 Å². The third kappa shape index (κ3) is 1.51. The highest BCUT2D eigenvalue weighted by molar-refractivity contribution is 6.22. The fourth-order valence-corrected chi connectivity index (χ4v) is 4.08. The SMILES string of the molecule is Fc1cnc2c(c1)C1(NCC2)c2ccccc2CC1Cl. The molecule has 1 aliphatic carbocycles. The van der Waals surface area contributed by atoms with Gasteiger partial charge in [-0.2, -0.15) is 0 Å². The molecule has 0 saturated heterocycles. The predicted molar refractivity (Wildman–Crippen MR) is 76.5 cm³/mol. The quantitative estimate of drug-likeness (QED) is 0.754. The minimum atomic E-state index is -0.499. The molecule has 4 heteroatoms. The minimum Gasteiger partial charge on any atom is -0.302 e. The molecule has 102 valence electrons. The number of pyridine rings is 1. The predicted octanol–water partition coefficient (Wildman–Crippen LogP) is 2.77. The van der Waals surface area contributed by atoms with Crippen LogP contribution in [0.2, 0.25) is 0 Å². The molecule has 2 unspecified atom stereocenters. The molecule has 0 radical (unpaired) electrons. The molecule has 0 fully saturated rings. The topological polar surface area (TPSA) is 24.9 Å². The Balaban J connectivity index is 2.01. The number of hydrogen-bond acceptors (Lipinski definition) is 2. The number of nitrogens with one attached hydrogen (secondary N) is 1. The Morgan fingerprint density at radius 2 is 2.15 bits per heavy atom. The smallest absolute Gasteiger partial charge is 0.141 e. The van der Waals surface area contributed by atoms with Crippen molar-refractivity contribution in [1.29, 1.82) is 0 Å². The zero-order chi connectivity index (χ0) is 13.7. The lowest BCUT2D eigenvalue weighted by atomic mass is 9.80. The Bertz CT molecular complexity index is 688. The molecule has 2 aromatic rings. The summed E-state index contributed by atoms with van der Waals surface area (Å²) in [5.74, 6) is -0.305. The van der Waals surface area contributed by atoms with E-state index in [0.29, 0.717) is 0 Å². The van der Waals surface area contributed by atoms with Gasteiger partial charge in [0.2, 0.25) is 0 Å². The lowest BCUT2D eigenvalue weighted by Gasteiger charge is -2.40. The first kappa shape index (κ1) is 12.3. The van der Waals surface area contributed by atoms with Crippen LogP contribution in [0.15, 0.2) is 36.5 Å². The van der Waals surface area contributed by atoms with Crippen molar-refractivity contribution in [3.05, 3.63) is 64.7 Å². The first-order chi connectivity index (χ1) is 9.72. The van der Waals surface area contributed by atoms with E-state index in [9.17, 15) is 4.39 Å². The summed E-state index contributed by atoms with van der Waals surface area (Å²) in [7, 11) is 0. The van der Waals surface area contributed by atoms with Crippen molar-refractivity contribution in [3.8, 4) is 0 Å². The summed E-state index contributed by atoms with van der Waals surface area (Å²) in [6.07, 6.45) is 2.89. The molecule has 0 amide bonds. The van der Waals surface area contributed by atoms with Crippen LogP contribution in [0.4, 0.5) is 4.39 Å². The van der Waals surface area contributed by atoms with Gasteiger partial charge in [-0.3, -0.25) is 4.98 Å². The largest absolute Gasteiger partial charge is 0.302 e. The maximum atomic E-state index is 13.7. The van der Waals surface area contributed by atoms with Crippen LogP contribution in [0, 0.1) is 5.82 Å². The van der Waals surface area contributed by atoms with Gasteiger partial charge in [-0.15, -0.1) is 11.6 Å². The zero-order valence-corrected chi connectivity index (χ0v) is 11.6. The van der Waals surface area contributed by atoms with E-state index in [1.165, 1.54) is 11.8 Å². The summed E-state index contributed by atoms with van der Waals surface area (Å²) in [6, 6.07) is 9.81. The monoisotopic (exact) mass is 288 g/mol. The van der Waals surface area contributed by atoms with Crippen LogP contribution in [-0.4, -0.2) is 16.9 Å². The van der Waals surface area contributed by atoms with Crippen molar-refractivity contribution in [3.63, 3.8) is 0 Å². The van der Waals surface area contributed by atoms with Gasteiger partial charge in [-0.1, -0.05) is 24.3 Å². The molecule has 1 spiro atoms. The van der Waals surface area contributed by atoms with Gasteiger partial charge in [0.25, 0.3) is 0 Å². The van der Waals surface area contributed by atoms with E-state index >= 15 is 0 Å². The second-order valence-corrected chi connectivity index (χ2v) is 5.99. The lowest BCUT2D eigenvalue weighted by Crippen LogP contribution is -2.52. The molecule has 0 bridgehead atoms. The highest BCUT2D eigenvalue weighted by Crippen LogP contribution is 2.47. The van der Waals surface area contributed by atoms with E-state index in [0.717, 1.165) is 36.2 Å². The van der Waals surface area contributed by atoms with Crippen molar-refractivity contribution in [2.24, 2.45) is 0 Å². The molecular formula is C16H14ClFN2. The second kappa shape index (κ2) is 4.27. The normalized spacial score (nSPS) is 27.4. The van der Waals surface area contributed by atoms with E-state index in [1.54, 1.807) is 6.07 Å². The maximum absolute atomic E-state index is 13.7. The zero-order valence-electron chi connectivity index (χ0n) is 10.9. The molecule has 2 atom stereocenters. The molecule has 20 heavy (non-hydrogen) atoms. The van der Waals surface area contributed by atoms with Gasteiger partial charge in [0.05, 0.1) is 17.1 Å². The second-order valence-electron chi connectivity index (χ2n) is 5.46. The fraction of sp³-hybridized carbons (Fsp3) is 0.312. The van der Waals surface area contributed by atoms with Gasteiger partial charge in [-0.05, 0) is 23.6 Å². The number of fused-ring (bicyclic) bond motifs is 4. The van der Waals surface area contributed by atoms with Crippen molar-refractivity contribution < 1.29 is 4.39 Å². The third-order valence-corrected chi connectivity index (χ3v) is 4.92. The van der Waals surface area contributed by atoms with Gasteiger partial charge in [0, 0.05) is 24.2 Å². The Labute approximate surface area is 122 Å². The van der Waals surface area contributed by atoms with Crippen LogP contribution in [0.5, 0.6) is 0 Å². The third-order valence-electron chi connectivity index (χ3n) is 4.44. The van der Waals surface area contributed by atoms with Gasteiger partial charge in [-0.25, -0.2) is 4.39 Å². The van der Waals surface area contributed by atoms with Crippen molar-refractivity contribution >= 4 is 11.6 Å². The number of nitrogens with zero attached hydrogens (tertiary/aromatic N) is 1. The van der Waals surface area contributed by atoms with Crippen LogP contribution in [0.3, 0.4) is 0 Å². The number of aromatic nitrogens is 1. The molecule has 4 rings (SSSR count). The van der Waals surface area contributed by atoms with E-state index in [4.69, 9.17) is 11.6 Å². The summed E-state index contributed by atoms with van der Waals surface area (Å²) in [4.78, 5) is 4.27. The molecule has 2 aliphatic rings. The van der Waals surface area contributed by atoms with Gasteiger partial charge in [0.1, 0.15) is 5.82 Å². The van der Waals surface area contributed by atoms with E-state index in [1.807, 2.05) is 12.1 Å². The first-order valence-electron chi connectivity index (χ1n) is 6.84. The van der Waals surface area contributed by atoms with Crippen molar-refractivity contribution in [2.75, 3.05) is 6.54 Å². The number of benzene rings is 1. The number of halogens is 2. The van der Waals surface area contributed by atoms with Gasteiger partial charge >= 0.3 is 0 Å². The van der Waals surface area contributed by atoms with E-state index < -0.39 is 5.54 Å². The summed E-state index contributed by atoms with van der Waals surface area (Å²) >= 11 is 6.68. The van der Waals surface area contributed by atoms with E-state index in [2.05, 4.69) is 22.4 Å². The lowest BCUT2D eigenvalue weighted by molar-refractivity contribution is 0.376. The minimum absolute atomic E-state index is 0.123. The molecule has 1 N–H and O–H groups in total. The molecule has 1 aromatic carbocycles. The summed E-state index contributed by atoms with van der Waals surface area (Å²) < 4.78 is 13.7. The van der Waals surface area contributed by atoms with Gasteiger partial charge < -0.3 is 5.32 Å². The van der Waals surface area contributed by atoms with E-state index in [-0.39, 0.29) is 11.2 Å². The van der Waals surface area contributed by atoms with Crippen molar-refractivity contribution in [2.45, 2.75) is 23.8 Å². The molecule has 1 aliphatic heterocycles. The van der Waals surface area contributed by atoms with Crippen LogP contribution in [0.25, 0.3) is 0 Å². The Hall–Kier alpha value is -1.45. The average Bonchev–Trinajstić information content (AvgIpc) is 2.74. The average molecular weight is 289 g/mol. The summed E-state index contributed by atoms with van der Waals surface area (Å²) in [5.41, 5.74) is 3.74. The number of rotatable bonds is 0. The molecule has 2 heterocycles. The van der Waals surface area contributed by atoms with Crippen LogP contribution in [0.1, 0.15) is 22.4 Å².